The van der Waals surface area contributed by atoms with Gasteiger partial charge < -0.3 is 4.98 Å². The van der Waals surface area contributed by atoms with Crippen LogP contribution in [0.15, 0.2) is 71.6 Å². The van der Waals surface area contributed by atoms with Crippen LogP contribution in [0, 0.1) is 17.5 Å². The third-order valence-electron chi connectivity index (χ3n) is 4.21. The molecule has 0 unspecified atom stereocenters. The zero-order chi connectivity index (χ0) is 19.9. The van der Waals surface area contributed by atoms with Crippen LogP contribution in [0.4, 0.5) is 18.9 Å². The highest BCUT2D eigenvalue weighted by Crippen LogP contribution is 2.27. The summed E-state index contributed by atoms with van der Waals surface area (Å²) in [4.78, 5) is 2.75. The maximum absolute atomic E-state index is 13.4. The number of sulfonamides is 1. The number of halogens is 3. The van der Waals surface area contributed by atoms with Crippen molar-refractivity contribution in [3.05, 3.63) is 84.2 Å². The second-order valence-corrected chi connectivity index (χ2v) is 7.86. The van der Waals surface area contributed by atoms with E-state index < -0.39 is 26.6 Å². The van der Waals surface area contributed by atoms with Gasteiger partial charge in [-0.2, -0.15) is 0 Å². The van der Waals surface area contributed by atoms with Gasteiger partial charge in [-0.15, -0.1) is 0 Å². The molecule has 0 aliphatic rings. The van der Waals surface area contributed by atoms with E-state index in [-0.39, 0.29) is 11.5 Å². The summed E-state index contributed by atoms with van der Waals surface area (Å²) in [5, 5.41) is 0.683. The first-order valence-corrected chi connectivity index (χ1v) is 9.67. The van der Waals surface area contributed by atoms with Crippen LogP contribution in [0.3, 0.4) is 0 Å². The minimum Gasteiger partial charge on any atom is -0.355 e. The van der Waals surface area contributed by atoms with Crippen LogP contribution in [0.1, 0.15) is 0 Å². The van der Waals surface area contributed by atoms with Crippen molar-refractivity contribution in [3.8, 4) is 11.3 Å². The van der Waals surface area contributed by atoms with E-state index in [2.05, 4.69) is 9.71 Å². The normalized spacial score (nSPS) is 11.7. The second kappa shape index (κ2) is 6.72. The van der Waals surface area contributed by atoms with Gasteiger partial charge in [0.2, 0.25) is 0 Å². The highest BCUT2D eigenvalue weighted by atomic mass is 32.2. The van der Waals surface area contributed by atoms with E-state index in [1.807, 2.05) is 0 Å². The van der Waals surface area contributed by atoms with Gasteiger partial charge >= 0.3 is 0 Å². The van der Waals surface area contributed by atoms with E-state index in [1.54, 1.807) is 30.3 Å². The monoisotopic (exact) mass is 402 g/mol. The fourth-order valence-corrected chi connectivity index (χ4v) is 3.93. The van der Waals surface area contributed by atoms with Gasteiger partial charge in [-0.1, -0.05) is 12.1 Å². The predicted molar refractivity (Wildman–Crippen MR) is 101 cm³/mol. The van der Waals surface area contributed by atoms with E-state index in [4.69, 9.17) is 0 Å². The fraction of sp³-hybridized carbons (Fsp3) is 0. The first-order chi connectivity index (χ1) is 13.3. The van der Waals surface area contributed by atoms with Crippen LogP contribution in [0.2, 0.25) is 0 Å². The number of H-pyrrole nitrogens is 1. The number of anilines is 1. The molecule has 0 saturated carbocycles. The standard InChI is InChI=1S/C20H13F3N2O2S/c21-14-4-7-19-13(8-14)10-20(24-19)12-2-1-3-15(9-12)25-28(26,27)16-5-6-17(22)18(23)11-16/h1-11,24-25H. The summed E-state index contributed by atoms with van der Waals surface area (Å²) in [6.07, 6.45) is 0. The summed E-state index contributed by atoms with van der Waals surface area (Å²) in [5.41, 5.74) is 2.33. The maximum Gasteiger partial charge on any atom is 0.261 e. The molecule has 0 fully saturated rings. The highest BCUT2D eigenvalue weighted by molar-refractivity contribution is 7.92. The lowest BCUT2D eigenvalue weighted by atomic mass is 10.1. The van der Waals surface area contributed by atoms with Crippen LogP contribution in [-0.2, 0) is 10.0 Å². The average Bonchev–Trinajstić information content (AvgIpc) is 3.07. The number of hydrogen-bond donors (Lipinski definition) is 2. The molecule has 3 aromatic carbocycles. The molecule has 0 amide bonds. The number of aromatic nitrogens is 1. The van der Waals surface area contributed by atoms with Crippen molar-refractivity contribution < 1.29 is 21.6 Å². The van der Waals surface area contributed by atoms with Gasteiger partial charge in [0, 0.05) is 27.8 Å². The Kier molecular flexibility index (Phi) is 4.35. The summed E-state index contributed by atoms with van der Waals surface area (Å²) >= 11 is 0. The van der Waals surface area contributed by atoms with Crippen molar-refractivity contribution in [2.45, 2.75) is 4.90 Å². The Balaban J connectivity index is 1.67. The Hall–Kier alpha value is -3.26. The summed E-state index contributed by atoms with van der Waals surface area (Å²) in [6.45, 7) is 0. The molecule has 0 spiro atoms. The Bertz CT molecular complexity index is 1300. The van der Waals surface area contributed by atoms with E-state index in [9.17, 15) is 21.6 Å². The minimum absolute atomic E-state index is 0.243. The Labute approximate surface area is 158 Å². The molecule has 0 aliphatic heterocycles. The summed E-state index contributed by atoms with van der Waals surface area (Å²) < 4.78 is 67.0. The van der Waals surface area contributed by atoms with E-state index >= 15 is 0 Å². The van der Waals surface area contributed by atoms with E-state index in [0.717, 1.165) is 17.6 Å². The van der Waals surface area contributed by atoms with Crippen molar-refractivity contribution in [2.24, 2.45) is 0 Å². The quantitative estimate of drug-likeness (QED) is 0.502. The molecule has 0 atom stereocenters. The smallest absolute Gasteiger partial charge is 0.261 e. The van der Waals surface area contributed by atoms with Crippen molar-refractivity contribution >= 4 is 26.6 Å². The number of nitrogens with one attached hydrogen (secondary N) is 2. The van der Waals surface area contributed by atoms with Crippen LogP contribution in [0.25, 0.3) is 22.2 Å². The number of fused-ring (bicyclic) bond motifs is 1. The third-order valence-corrected chi connectivity index (χ3v) is 5.59. The number of aromatic amines is 1. The third kappa shape index (κ3) is 3.46. The largest absolute Gasteiger partial charge is 0.355 e. The van der Waals surface area contributed by atoms with Crippen molar-refractivity contribution in [3.63, 3.8) is 0 Å². The van der Waals surface area contributed by atoms with Crippen LogP contribution in [-0.4, -0.2) is 13.4 Å². The van der Waals surface area contributed by atoms with Crippen molar-refractivity contribution in [2.75, 3.05) is 4.72 Å². The SMILES string of the molecule is O=S(=O)(Nc1cccc(-c2cc3cc(F)ccc3[nH]2)c1)c1ccc(F)c(F)c1. The number of hydrogen-bond acceptors (Lipinski definition) is 2. The van der Waals surface area contributed by atoms with E-state index in [1.165, 1.54) is 18.2 Å². The summed E-state index contributed by atoms with van der Waals surface area (Å²) in [7, 11) is -4.10. The number of rotatable bonds is 4. The first-order valence-electron chi connectivity index (χ1n) is 8.18. The lowest BCUT2D eigenvalue weighted by Crippen LogP contribution is -2.13. The Morgan fingerprint density at radius 3 is 2.43 bits per heavy atom. The van der Waals surface area contributed by atoms with Gasteiger partial charge in [0.15, 0.2) is 11.6 Å². The molecule has 4 aromatic rings. The molecule has 8 heteroatoms. The highest BCUT2D eigenvalue weighted by Gasteiger charge is 2.17. The van der Waals surface area contributed by atoms with Gasteiger partial charge in [0.1, 0.15) is 5.82 Å². The minimum atomic E-state index is -4.10. The average molecular weight is 402 g/mol. The van der Waals surface area contributed by atoms with Gasteiger partial charge in [0.25, 0.3) is 10.0 Å². The molecule has 0 bridgehead atoms. The summed E-state index contributed by atoms with van der Waals surface area (Å²) in [5.74, 6) is -2.73. The topological polar surface area (TPSA) is 62.0 Å². The van der Waals surface area contributed by atoms with E-state index in [0.29, 0.717) is 22.7 Å². The Morgan fingerprint density at radius 1 is 0.821 bits per heavy atom. The predicted octanol–water partition coefficient (Wildman–Crippen LogP) is 5.05. The molecular formula is C20H13F3N2O2S. The Morgan fingerprint density at radius 2 is 1.64 bits per heavy atom. The summed E-state index contributed by atoms with van der Waals surface area (Å²) in [6, 6.07) is 15.0. The molecule has 0 aliphatic carbocycles. The van der Waals surface area contributed by atoms with Crippen LogP contribution >= 0.6 is 0 Å². The zero-order valence-corrected chi connectivity index (χ0v) is 15.0. The van der Waals surface area contributed by atoms with Gasteiger partial charge in [-0.05, 0) is 54.6 Å². The molecule has 1 heterocycles. The first kappa shape index (κ1) is 18.1. The van der Waals surface area contributed by atoms with Gasteiger partial charge in [-0.25, -0.2) is 21.6 Å². The fourth-order valence-electron chi connectivity index (χ4n) is 2.87. The lowest BCUT2D eigenvalue weighted by Gasteiger charge is -2.09. The molecule has 0 saturated heterocycles. The molecule has 142 valence electrons. The number of benzene rings is 3. The lowest BCUT2D eigenvalue weighted by molar-refractivity contribution is 0.504. The second-order valence-electron chi connectivity index (χ2n) is 6.18. The molecule has 4 rings (SSSR count). The van der Waals surface area contributed by atoms with Gasteiger partial charge in [0.05, 0.1) is 4.90 Å². The van der Waals surface area contributed by atoms with Crippen LogP contribution in [0.5, 0.6) is 0 Å². The molecular weight excluding hydrogens is 389 g/mol. The van der Waals surface area contributed by atoms with Crippen molar-refractivity contribution in [1.82, 2.24) is 4.98 Å². The molecule has 2 N–H and O–H groups in total. The molecule has 1 aromatic heterocycles. The molecule has 28 heavy (non-hydrogen) atoms. The zero-order valence-electron chi connectivity index (χ0n) is 14.2. The van der Waals surface area contributed by atoms with Gasteiger partial charge in [-0.3, -0.25) is 4.72 Å². The molecule has 4 nitrogen and oxygen atoms in total. The van der Waals surface area contributed by atoms with Crippen molar-refractivity contribution in [1.29, 1.82) is 0 Å². The maximum atomic E-state index is 13.4. The molecule has 0 radical (unpaired) electrons. The van der Waals surface area contributed by atoms with Crippen LogP contribution < -0.4 is 4.72 Å².